The maximum absolute atomic E-state index is 11.5. The number of benzene rings is 1. The summed E-state index contributed by atoms with van der Waals surface area (Å²) in [6.45, 7) is 1.18. The Morgan fingerprint density at radius 2 is 1.21 bits per heavy atom. The van der Waals surface area contributed by atoms with E-state index in [1.54, 1.807) is 24.5 Å². The molecular formula is C22H22Br2N6O4. The van der Waals surface area contributed by atoms with E-state index in [1.807, 2.05) is 51.9 Å². The van der Waals surface area contributed by atoms with Crippen LogP contribution in [-0.4, -0.2) is 34.7 Å². The third-order valence-corrected chi connectivity index (χ3v) is 4.32. The summed E-state index contributed by atoms with van der Waals surface area (Å²) < 4.78 is 3.85. The Kier molecular flexibility index (Phi) is 12.1. The van der Waals surface area contributed by atoms with Gasteiger partial charge in [0.25, 0.3) is 11.8 Å². The molecule has 0 fully saturated rings. The van der Waals surface area contributed by atoms with E-state index in [4.69, 9.17) is 10.4 Å². The average Bonchev–Trinajstić information content (AvgIpc) is 2.75. The van der Waals surface area contributed by atoms with Gasteiger partial charge in [0.05, 0.1) is 0 Å². The van der Waals surface area contributed by atoms with Crippen molar-refractivity contribution in [3.05, 3.63) is 84.4 Å². The van der Waals surface area contributed by atoms with Crippen molar-refractivity contribution in [1.29, 1.82) is 0 Å². The van der Waals surface area contributed by atoms with E-state index in [0.29, 0.717) is 24.5 Å². The van der Waals surface area contributed by atoms with Gasteiger partial charge in [0.1, 0.15) is 23.8 Å². The lowest BCUT2D eigenvalue weighted by Crippen LogP contribution is -3.00. The number of nitrogens with zero attached hydrogens (tertiary/aromatic N) is 4. The van der Waals surface area contributed by atoms with Gasteiger partial charge in [0, 0.05) is 23.3 Å². The number of pyridine rings is 2. The molecular weight excluding hydrogens is 572 g/mol. The Balaban J connectivity index is 0.00000289. The number of amides is 2. The van der Waals surface area contributed by atoms with Gasteiger partial charge in [-0.2, -0.15) is 9.13 Å². The van der Waals surface area contributed by atoms with Gasteiger partial charge in [-0.05, 0) is 18.2 Å². The second-order valence-corrected chi connectivity index (χ2v) is 6.82. The fourth-order valence-corrected chi connectivity index (χ4v) is 3.09. The van der Waals surface area contributed by atoms with E-state index in [0.717, 1.165) is 23.6 Å². The molecule has 3 rings (SSSR count). The number of halogens is 2. The van der Waals surface area contributed by atoms with E-state index < -0.39 is 11.8 Å². The Morgan fingerprint density at radius 1 is 0.765 bits per heavy atom. The SMILES string of the molecule is O=C(/C=N/O)Nc1ccc[n+](Cc2cccc(C[n+]3cccc(NC(=O)/C=N/O)c3)c2)c1.[Br-].[Br-]. The van der Waals surface area contributed by atoms with Crippen molar-refractivity contribution >= 4 is 35.6 Å². The number of hydrogen-bond donors (Lipinski definition) is 4. The van der Waals surface area contributed by atoms with Crippen LogP contribution in [0.15, 0.2) is 83.6 Å². The first-order valence-corrected chi connectivity index (χ1v) is 9.58. The molecule has 0 radical (unpaired) electrons. The maximum atomic E-state index is 11.5. The predicted molar refractivity (Wildman–Crippen MR) is 116 cm³/mol. The number of hydrogen-bond acceptors (Lipinski definition) is 6. The van der Waals surface area contributed by atoms with Crippen LogP contribution in [-0.2, 0) is 22.7 Å². The number of carbonyl (C=O) groups is 2. The molecule has 2 amide bonds. The molecule has 0 aliphatic carbocycles. The van der Waals surface area contributed by atoms with Gasteiger partial charge in [-0.15, -0.1) is 0 Å². The number of rotatable bonds is 8. The highest BCUT2D eigenvalue weighted by Gasteiger charge is 2.10. The minimum atomic E-state index is -0.522. The first-order valence-electron chi connectivity index (χ1n) is 9.58. The smallest absolute Gasteiger partial charge is 0.270 e. The van der Waals surface area contributed by atoms with Crippen LogP contribution >= 0.6 is 0 Å². The van der Waals surface area contributed by atoms with Gasteiger partial charge < -0.3 is 55.0 Å². The fourth-order valence-electron chi connectivity index (χ4n) is 3.09. The summed E-state index contributed by atoms with van der Waals surface area (Å²) in [5.41, 5.74) is 3.29. The second kappa shape index (κ2) is 14.5. The Hall–Kier alpha value is -3.64. The summed E-state index contributed by atoms with van der Waals surface area (Å²) in [5.74, 6) is -1.04. The topological polar surface area (TPSA) is 131 Å². The lowest BCUT2D eigenvalue weighted by atomic mass is 10.1. The summed E-state index contributed by atoms with van der Waals surface area (Å²) in [7, 11) is 0. The minimum absolute atomic E-state index is 0. The van der Waals surface area contributed by atoms with Crippen molar-refractivity contribution in [1.82, 2.24) is 0 Å². The molecule has 1 aromatic carbocycles. The van der Waals surface area contributed by atoms with E-state index >= 15 is 0 Å². The third kappa shape index (κ3) is 9.08. The van der Waals surface area contributed by atoms with Crippen molar-refractivity contribution < 1.29 is 63.1 Å². The first kappa shape index (κ1) is 28.4. The van der Waals surface area contributed by atoms with Gasteiger partial charge in [-0.3, -0.25) is 9.59 Å². The number of anilines is 2. The zero-order chi connectivity index (χ0) is 22.8. The zero-order valence-corrected chi connectivity index (χ0v) is 20.9. The summed E-state index contributed by atoms with van der Waals surface area (Å²) in [4.78, 5) is 23.1. The van der Waals surface area contributed by atoms with Crippen LogP contribution in [0.2, 0.25) is 0 Å². The van der Waals surface area contributed by atoms with Crippen molar-refractivity contribution in [2.75, 3.05) is 10.6 Å². The van der Waals surface area contributed by atoms with Crippen molar-refractivity contribution in [2.24, 2.45) is 10.3 Å². The van der Waals surface area contributed by atoms with Gasteiger partial charge in [0.15, 0.2) is 37.9 Å². The highest BCUT2D eigenvalue weighted by Crippen LogP contribution is 2.08. The highest BCUT2D eigenvalue weighted by atomic mass is 79.9. The summed E-state index contributed by atoms with van der Waals surface area (Å²) >= 11 is 0. The zero-order valence-electron chi connectivity index (χ0n) is 17.8. The Bertz CT molecular complexity index is 1090. The van der Waals surface area contributed by atoms with Gasteiger partial charge in [-0.1, -0.05) is 28.5 Å². The van der Waals surface area contributed by atoms with Crippen LogP contribution in [0.5, 0.6) is 0 Å². The second-order valence-electron chi connectivity index (χ2n) is 6.82. The molecule has 34 heavy (non-hydrogen) atoms. The molecule has 0 unspecified atom stereocenters. The molecule has 0 atom stereocenters. The van der Waals surface area contributed by atoms with E-state index in [-0.39, 0.29) is 34.0 Å². The molecule has 0 aliphatic rings. The van der Waals surface area contributed by atoms with Gasteiger partial charge >= 0.3 is 0 Å². The molecule has 0 aliphatic heterocycles. The first-order chi connectivity index (χ1) is 15.6. The molecule has 12 heteroatoms. The summed E-state index contributed by atoms with van der Waals surface area (Å²) in [5, 5.41) is 27.5. The molecule has 10 nitrogen and oxygen atoms in total. The lowest BCUT2D eigenvalue weighted by Gasteiger charge is -2.04. The average molecular weight is 594 g/mol. The molecule has 0 bridgehead atoms. The molecule has 3 aromatic rings. The van der Waals surface area contributed by atoms with Crippen LogP contribution in [0.3, 0.4) is 0 Å². The predicted octanol–water partition coefficient (Wildman–Crippen LogP) is -4.84. The normalized spacial score (nSPS) is 10.4. The van der Waals surface area contributed by atoms with E-state index in [2.05, 4.69) is 27.0 Å². The lowest BCUT2D eigenvalue weighted by molar-refractivity contribution is -0.688. The monoisotopic (exact) mass is 592 g/mol. The van der Waals surface area contributed by atoms with Crippen LogP contribution in [0.25, 0.3) is 0 Å². The highest BCUT2D eigenvalue weighted by molar-refractivity contribution is 6.31. The van der Waals surface area contributed by atoms with Crippen molar-refractivity contribution in [2.45, 2.75) is 13.1 Å². The molecule has 2 aromatic heterocycles. The molecule has 0 saturated heterocycles. The quantitative estimate of drug-likeness (QED) is 0.0903. The van der Waals surface area contributed by atoms with Gasteiger partial charge in [-0.25, -0.2) is 0 Å². The van der Waals surface area contributed by atoms with Crippen molar-refractivity contribution in [3.8, 4) is 0 Å². The van der Waals surface area contributed by atoms with Gasteiger partial charge in [0.2, 0.25) is 0 Å². The van der Waals surface area contributed by atoms with E-state index in [1.165, 1.54) is 0 Å². The Labute approximate surface area is 216 Å². The number of nitrogens with one attached hydrogen (secondary N) is 2. The van der Waals surface area contributed by atoms with Crippen LogP contribution < -0.4 is 53.7 Å². The van der Waals surface area contributed by atoms with E-state index in [9.17, 15) is 9.59 Å². The number of aromatic nitrogens is 2. The fraction of sp³-hybridized carbons (Fsp3) is 0.0909. The van der Waals surface area contributed by atoms with Crippen LogP contribution in [0.1, 0.15) is 11.1 Å². The largest absolute Gasteiger partial charge is 1.00 e. The number of oxime groups is 2. The summed E-state index contributed by atoms with van der Waals surface area (Å²) in [6.07, 6.45) is 8.93. The Morgan fingerprint density at radius 3 is 1.62 bits per heavy atom. The number of carbonyl (C=O) groups excluding carboxylic acids is 2. The minimum Gasteiger partial charge on any atom is -1.00 e. The summed E-state index contributed by atoms with van der Waals surface area (Å²) in [6, 6.07) is 15.2. The molecule has 178 valence electrons. The maximum Gasteiger partial charge on any atom is 0.270 e. The van der Waals surface area contributed by atoms with Crippen LogP contribution in [0, 0.1) is 0 Å². The van der Waals surface area contributed by atoms with Crippen molar-refractivity contribution in [3.63, 3.8) is 0 Å². The molecule has 2 heterocycles. The molecule has 4 N–H and O–H groups in total. The van der Waals surface area contributed by atoms with Crippen LogP contribution in [0.4, 0.5) is 11.4 Å². The standard InChI is InChI=1S/C22H20N6O4.2BrH/c29-21(11-23-31)25-19-6-2-8-27(15-19)13-17-4-1-5-18(10-17)14-28-9-3-7-20(16-28)26-22(30)12-24-32;;/h1-12,15-16H,13-14H2,(H2-2,25,26,29,30,31,32);2*1H. The third-order valence-electron chi connectivity index (χ3n) is 4.32. The molecule has 0 spiro atoms. The molecule has 0 saturated carbocycles.